The molecule has 5 heteroatoms. The molecule has 0 spiro atoms. The van der Waals surface area contributed by atoms with Crippen molar-refractivity contribution in [3.63, 3.8) is 0 Å². The van der Waals surface area contributed by atoms with Gasteiger partial charge >= 0.3 is 0 Å². The number of hydrogen-bond acceptors (Lipinski definition) is 2. The number of thiocarbonyl (C=S) groups is 1. The van der Waals surface area contributed by atoms with Crippen molar-refractivity contribution in [3.8, 4) is 0 Å². The molecule has 0 radical (unpaired) electrons. The molecule has 0 unspecified atom stereocenters. The molecule has 1 fully saturated rings. The Morgan fingerprint density at radius 3 is 2.58 bits per heavy atom. The fourth-order valence-electron chi connectivity index (χ4n) is 2.44. The van der Waals surface area contributed by atoms with Crippen molar-refractivity contribution in [3.05, 3.63) is 34.3 Å². The Morgan fingerprint density at radius 1 is 1.42 bits per heavy atom. The minimum Gasteiger partial charge on any atom is -0.391 e. The molecule has 1 aliphatic rings. The third-order valence-corrected chi connectivity index (χ3v) is 4.51. The van der Waals surface area contributed by atoms with Crippen molar-refractivity contribution in [2.75, 3.05) is 0 Å². The fraction of sp³-hybridized carbons (Fsp3) is 0.429. The molecule has 102 valence electrons. The molecule has 1 saturated carbocycles. The van der Waals surface area contributed by atoms with Gasteiger partial charge in [0.1, 0.15) is 0 Å². The maximum Gasteiger partial charge on any atom is 0.252 e. The first kappa shape index (κ1) is 14.3. The Morgan fingerprint density at radius 2 is 2.05 bits per heavy atom. The van der Waals surface area contributed by atoms with Gasteiger partial charge in [-0.25, -0.2) is 0 Å². The van der Waals surface area contributed by atoms with Crippen LogP contribution >= 0.6 is 23.8 Å². The maximum absolute atomic E-state index is 12.3. The van der Waals surface area contributed by atoms with E-state index in [9.17, 15) is 4.79 Å². The summed E-state index contributed by atoms with van der Waals surface area (Å²) >= 11 is 11.2. The van der Waals surface area contributed by atoms with Crippen molar-refractivity contribution >= 4 is 34.7 Å². The summed E-state index contributed by atoms with van der Waals surface area (Å²) in [5.41, 5.74) is 6.77. The first-order valence-electron chi connectivity index (χ1n) is 6.33. The number of rotatable bonds is 3. The van der Waals surface area contributed by atoms with Gasteiger partial charge in [0.15, 0.2) is 0 Å². The normalized spacial score (nSPS) is 17.2. The first-order valence-corrected chi connectivity index (χ1v) is 7.12. The largest absolute Gasteiger partial charge is 0.391 e. The fourth-order valence-corrected chi connectivity index (χ4v) is 2.87. The zero-order valence-electron chi connectivity index (χ0n) is 10.8. The highest BCUT2D eigenvalue weighted by atomic mass is 35.5. The van der Waals surface area contributed by atoms with Crippen molar-refractivity contribution < 1.29 is 4.79 Å². The van der Waals surface area contributed by atoms with Crippen LogP contribution in [-0.4, -0.2) is 16.4 Å². The van der Waals surface area contributed by atoms with E-state index in [1.54, 1.807) is 12.1 Å². The molecular formula is C14H17ClN2OS. The Labute approximate surface area is 123 Å². The number of benzene rings is 1. The van der Waals surface area contributed by atoms with Gasteiger partial charge in [-0.3, -0.25) is 4.79 Å². The van der Waals surface area contributed by atoms with E-state index in [1.165, 1.54) is 0 Å². The summed E-state index contributed by atoms with van der Waals surface area (Å²) < 4.78 is 0. The van der Waals surface area contributed by atoms with E-state index in [-0.39, 0.29) is 5.91 Å². The van der Waals surface area contributed by atoms with Crippen molar-refractivity contribution in [2.24, 2.45) is 5.73 Å². The van der Waals surface area contributed by atoms with Gasteiger partial charge in [0.2, 0.25) is 0 Å². The second-order valence-corrected chi connectivity index (χ2v) is 5.92. The van der Waals surface area contributed by atoms with Gasteiger partial charge in [-0.2, -0.15) is 0 Å². The average Bonchev–Trinajstić information content (AvgIpc) is 2.82. The summed E-state index contributed by atoms with van der Waals surface area (Å²) in [7, 11) is 0. The van der Waals surface area contributed by atoms with Crippen LogP contribution < -0.4 is 11.1 Å². The Balaban J connectivity index is 2.20. The number of carbonyl (C=O) groups is 1. The lowest BCUT2D eigenvalue weighted by molar-refractivity contribution is 0.0924. The molecule has 0 aliphatic heterocycles. The number of amides is 1. The molecule has 19 heavy (non-hydrogen) atoms. The zero-order valence-corrected chi connectivity index (χ0v) is 12.4. The minimum absolute atomic E-state index is 0.170. The van der Waals surface area contributed by atoms with Crippen LogP contribution in [0.5, 0.6) is 0 Å². The van der Waals surface area contributed by atoms with Gasteiger partial charge in [-0.05, 0) is 37.5 Å². The van der Waals surface area contributed by atoms with Crippen LogP contribution in [0.4, 0.5) is 0 Å². The summed E-state index contributed by atoms with van der Waals surface area (Å²) in [4.78, 5) is 12.7. The van der Waals surface area contributed by atoms with E-state index >= 15 is 0 Å². The van der Waals surface area contributed by atoms with Crippen LogP contribution in [-0.2, 0) is 0 Å². The van der Waals surface area contributed by atoms with E-state index in [0.29, 0.717) is 15.6 Å². The molecule has 3 nitrogen and oxygen atoms in total. The number of hydrogen-bond donors (Lipinski definition) is 2. The maximum atomic E-state index is 12.3. The predicted octanol–water partition coefficient (Wildman–Crippen LogP) is 2.98. The van der Waals surface area contributed by atoms with E-state index < -0.39 is 5.54 Å². The van der Waals surface area contributed by atoms with Gasteiger partial charge in [0.25, 0.3) is 5.91 Å². The molecule has 0 heterocycles. The highest BCUT2D eigenvalue weighted by molar-refractivity contribution is 7.80. The lowest BCUT2D eigenvalue weighted by atomic mass is 9.97. The zero-order chi connectivity index (χ0) is 14.0. The lowest BCUT2D eigenvalue weighted by Crippen LogP contribution is -2.54. The van der Waals surface area contributed by atoms with Gasteiger partial charge in [-0.1, -0.05) is 42.7 Å². The monoisotopic (exact) mass is 296 g/mol. The quantitative estimate of drug-likeness (QED) is 0.843. The molecule has 1 amide bonds. The third-order valence-electron chi connectivity index (χ3n) is 3.72. The smallest absolute Gasteiger partial charge is 0.252 e. The average molecular weight is 297 g/mol. The Bertz CT molecular complexity index is 524. The second-order valence-electron chi connectivity index (χ2n) is 5.07. The molecule has 0 atom stereocenters. The summed E-state index contributed by atoms with van der Waals surface area (Å²) in [5.74, 6) is -0.170. The summed E-state index contributed by atoms with van der Waals surface area (Å²) in [6.45, 7) is 1.90. The molecule has 1 aromatic rings. The van der Waals surface area contributed by atoms with Gasteiger partial charge in [-0.15, -0.1) is 0 Å². The SMILES string of the molecule is Cc1ccc(C(=O)NC2(C(N)=S)CCCC2)cc1Cl. The molecule has 1 aliphatic carbocycles. The van der Waals surface area contributed by atoms with E-state index in [1.807, 2.05) is 13.0 Å². The van der Waals surface area contributed by atoms with Gasteiger partial charge in [0, 0.05) is 10.6 Å². The Hall–Kier alpha value is -1.13. The van der Waals surface area contributed by atoms with Crippen molar-refractivity contribution in [2.45, 2.75) is 38.1 Å². The number of nitrogens with one attached hydrogen (secondary N) is 1. The van der Waals surface area contributed by atoms with Crippen LogP contribution in [0.2, 0.25) is 5.02 Å². The highest BCUT2D eigenvalue weighted by Gasteiger charge is 2.38. The lowest BCUT2D eigenvalue weighted by Gasteiger charge is -2.29. The molecule has 0 saturated heterocycles. The molecular weight excluding hydrogens is 280 g/mol. The van der Waals surface area contributed by atoms with E-state index in [0.717, 1.165) is 31.2 Å². The molecule has 3 N–H and O–H groups in total. The van der Waals surface area contributed by atoms with E-state index in [2.05, 4.69) is 5.32 Å². The summed E-state index contributed by atoms with van der Waals surface area (Å²) in [6.07, 6.45) is 3.69. The van der Waals surface area contributed by atoms with Crippen LogP contribution in [0, 0.1) is 6.92 Å². The summed E-state index contributed by atoms with van der Waals surface area (Å²) in [5, 5.41) is 3.58. The number of aryl methyl sites for hydroxylation is 1. The van der Waals surface area contributed by atoms with Crippen LogP contribution in [0.25, 0.3) is 0 Å². The highest BCUT2D eigenvalue weighted by Crippen LogP contribution is 2.30. The minimum atomic E-state index is -0.524. The molecule has 2 rings (SSSR count). The van der Waals surface area contributed by atoms with Gasteiger partial charge in [0.05, 0.1) is 10.5 Å². The topological polar surface area (TPSA) is 55.1 Å². The van der Waals surface area contributed by atoms with Crippen LogP contribution in [0.15, 0.2) is 18.2 Å². The first-order chi connectivity index (χ1) is 8.94. The number of halogens is 1. The Kier molecular flexibility index (Phi) is 4.11. The number of nitrogens with two attached hydrogens (primary N) is 1. The van der Waals surface area contributed by atoms with Crippen molar-refractivity contribution in [1.29, 1.82) is 0 Å². The molecule has 1 aromatic carbocycles. The number of carbonyl (C=O) groups excluding carboxylic acids is 1. The van der Waals surface area contributed by atoms with Gasteiger partial charge < -0.3 is 11.1 Å². The molecule has 0 bridgehead atoms. The second kappa shape index (κ2) is 5.47. The summed E-state index contributed by atoms with van der Waals surface area (Å²) in [6, 6.07) is 5.27. The third kappa shape index (κ3) is 2.90. The standard InChI is InChI=1S/C14H17ClN2OS/c1-9-4-5-10(8-11(9)15)12(18)17-14(13(16)19)6-2-3-7-14/h4-5,8H,2-3,6-7H2,1H3,(H2,16,19)(H,17,18). The van der Waals surface area contributed by atoms with Crippen LogP contribution in [0.3, 0.4) is 0 Å². The van der Waals surface area contributed by atoms with Crippen molar-refractivity contribution in [1.82, 2.24) is 5.32 Å². The predicted molar refractivity (Wildman–Crippen MR) is 81.6 cm³/mol. The molecule has 0 aromatic heterocycles. The van der Waals surface area contributed by atoms with Crippen LogP contribution in [0.1, 0.15) is 41.6 Å². The van der Waals surface area contributed by atoms with E-state index in [4.69, 9.17) is 29.6 Å².